The molecule has 0 atom stereocenters. The number of ether oxygens (including phenoxy) is 1. The summed E-state index contributed by atoms with van der Waals surface area (Å²) in [5.41, 5.74) is 1.80. The summed E-state index contributed by atoms with van der Waals surface area (Å²) >= 11 is 0. The van der Waals surface area contributed by atoms with Crippen LogP contribution in [0.1, 0.15) is 24.0 Å². The van der Waals surface area contributed by atoms with Gasteiger partial charge in [-0.05, 0) is 60.6 Å². The van der Waals surface area contributed by atoms with Crippen LogP contribution in [0.2, 0.25) is 0 Å². The molecule has 27 heavy (non-hydrogen) atoms. The van der Waals surface area contributed by atoms with Crippen LogP contribution >= 0.6 is 0 Å². The van der Waals surface area contributed by atoms with E-state index in [2.05, 4.69) is 0 Å². The zero-order chi connectivity index (χ0) is 18.7. The van der Waals surface area contributed by atoms with Crippen LogP contribution in [0, 0.1) is 5.92 Å². The molecule has 0 amide bonds. The molecule has 2 aromatic carbocycles. The van der Waals surface area contributed by atoms with Crippen molar-refractivity contribution < 1.29 is 13.2 Å². The van der Waals surface area contributed by atoms with E-state index in [1.165, 1.54) is 17.1 Å². The van der Waals surface area contributed by atoms with E-state index in [9.17, 15) is 8.42 Å². The van der Waals surface area contributed by atoms with Crippen LogP contribution in [0.4, 0.5) is 0 Å². The van der Waals surface area contributed by atoms with Gasteiger partial charge in [0.05, 0.1) is 11.5 Å². The van der Waals surface area contributed by atoms with Gasteiger partial charge in [0.1, 0.15) is 5.75 Å². The Morgan fingerprint density at radius 3 is 2.44 bits per heavy atom. The van der Waals surface area contributed by atoms with Crippen LogP contribution in [-0.4, -0.2) is 25.9 Å². The van der Waals surface area contributed by atoms with E-state index in [4.69, 9.17) is 4.74 Å². The van der Waals surface area contributed by atoms with Crippen molar-refractivity contribution in [3.8, 4) is 5.75 Å². The minimum Gasteiger partial charge on any atom is -0.493 e. The van der Waals surface area contributed by atoms with E-state index in [1.54, 1.807) is 18.4 Å². The summed E-state index contributed by atoms with van der Waals surface area (Å²) < 4.78 is 33.0. The van der Waals surface area contributed by atoms with E-state index in [0.29, 0.717) is 23.4 Å². The van der Waals surface area contributed by atoms with Crippen molar-refractivity contribution in [3.05, 3.63) is 84.1 Å². The molecule has 0 aromatic heterocycles. The van der Waals surface area contributed by atoms with E-state index < -0.39 is 10.0 Å². The van der Waals surface area contributed by atoms with E-state index in [1.807, 2.05) is 54.6 Å². The smallest absolute Gasteiger partial charge is 0.264 e. The molecule has 0 N–H and O–H groups in total. The molecule has 1 fully saturated rings. The minimum absolute atomic E-state index is 0.342. The molecule has 0 spiro atoms. The van der Waals surface area contributed by atoms with Gasteiger partial charge < -0.3 is 4.74 Å². The zero-order valence-corrected chi connectivity index (χ0v) is 15.9. The molecule has 1 heterocycles. The van der Waals surface area contributed by atoms with E-state index in [0.717, 1.165) is 23.8 Å². The first-order valence-corrected chi connectivity index (χ1v) is 10.7. The van der Waals surface area contributed by atoms with Crippen LogP contribution in [0.3, 0.4) is 0 Å². The van der Waals surface area contributed by atoms with Crippen molar-refractivity contribution >= 4 is 14.9 Å². The van der Waals surface area contributed by atoms with Gasteiger partial charge in [-0.15, -0.1) is 0 Å². The average Bonchev–Trinajstić information content (AvgIpc) is 3.51. The third-order valence-electron chi connectivity index (χ3n) is 4.87. The summed E-state index contributed by atoms with van der Waals surface area (Å²) in [4.78, 5) is 0.342. The normalized spacial score (nSPS) is 18.2. The Bertz CT molecular complexity index is 943. The van der Waals surface area contributed by atoms with Gasteiger partial charge >= 0.3 is 0 Å². The molecule has 0 saturated heterocycles. The monoisotopic (exact) mass is 381 g/mol. The number of rotatable bonds is 7. The van der Waals surface area contributed by atoms with Gasteiger partial charge in [0.15, 0.2) is 0 Å². The average molecular weight is 381 g/mol. The quantitative estimate of drug-likeness (QED) is 0.721. The largest absolute Gasteiger partial charge is 0.493 e. The molecular formula is C22H23NO3S. The third-order valence-corrected chi connectivity index (χ3v) is 6.72. The summed E-state index contributed by atoms with van der Waals surface area (Å²) in [7, 11) is -3.52. The van der Waals surface area contributed by atoms with Crippen LogP contribution in [0.15, 0.2) is 72.9 Å². The first kappa shape index (κ1) is 17.9. The third kappa shape index (κ3) is 4.25. The molecule has 5 heteroatoms. The fraction of sp³-hybridized carbons (Fsp3) is 0.273. The lowest BCUT2D eigenvalue weighted by molar-refractivity contribution is 0.299. The molecule has 4 rings (SSSR count). The summed E-state index contributed by atoms with van der Waals surface area (Å²) in [5, 5.41) is 0. The highest BCUT2D eigenvalue weighted by Crippen LogP contribution is 2.30. The maximum absolute atomic E-state index is 12.9. The van der Waals surface area contributed by atoms with Gasteiger partial charge in [0.25, 0.3) is 10.0 Å². The summed E-state index contributed by atoms with van der Waals surface area (Å²) in [6.45, 7) is 1.20. The number of nitrogens with zero attached hydrogens (tertiary/aromatic N) is 1. The first-order chi connectivity index (χ1) is 13.1. The fourth-order valence-corrected chi connectivity index (χ4v) is 4.55. The topological polar surface area (TPSA) is 46.6 Å². The number of benzene rings is 2. The maximum Gasteiger partial charge on any atom is 0.264 e. The number of allylic oxidation sites excluding steroid dienone is 2. The lowest BCUT2D eigenvalue weighted by Gasteiger charge is -2.24. The number of sulfonamides is 1. The van der Waals surface area contributed by atoms with Crippen LogP contribution < -0.4 is 4.74 Å². The van der Waals surface area contributed by atoms with Crippen LogP contribution in [0.25, 0.3) is 4.91 Å². The Morgan fingerprint density at radius 1 is 1.00 bits per heavy atom. The van der Waals surface area contributed by atoms with Crippen molar-refractivity contribution in [1.29, 1.82) is 0 Å². The predicted molar refractivity (Wildman–Crippen MR) is 108 cm³/mol. The van der Waals surface area contributed by atoms with Gasteiger partial charge in [-0.3, -0.25) is 4.31 Å². The molecule has 1 aliphatic heterocycles. The van der Waals surface area contributed by atoms with Gasteiger partial charge in [-0.25, -0.2) is 8.42 Å². The molecule has 0 bridgehead atoms. The lowest BCUT2D eigenvalue weighted by Crippen LogP contribution is -2.30. The summed E-state index contributed by atoms with van der Waals surface area (Å²) in [6.07, 6.45) is 8.28. The highest BCUT2D eigenvalue weighted by molar-refractivity contribution is 7.98. The van der Waals surface area contributed by atoms with Crippen LogP contribution in [0.5, 0.6) is 5.75 Å². The number of hydrogen-bond donors (Lipinski definition) is 0. The lowest BCUT2D eigenvalue weighted by atomic mass is 10.1. The summed E-state index contributed by atoms with van der Waals surface area (Å²) in [6, 6.07) is 17.2. The maximum atomic E-state index is 12.9. The van der Waals surface area contributed by atoms with Gasteiger partial charge in [-0.1, -0.05) is 42.5 Å². The van der Waals surface area contributed by atoms with Gasteiger partial charge in [0, 0.05) is 12.7 Å². The van der Waals surface area contributed by atoms with Crippen LogP contribution in [-0.2, 0) is 16.4 Å². The van der Waals surface area contributed by atoms with Gasteiger partial charge in [0.2, 0.25) is 0 Å². The molecular weight excluding hydrogens is 358 g/mol. The molecule has 2 aliphatic rings. The molecule has 1 saturated carbocycles. The Kier molecular flexibility index (Phi) is 5.03. The second-order valence-corrected chi connectivity index (χ2v) is 8.86. The van der Waals surface area contributed by atoms with E-state index in [-0.39, 0.29) is 0 Å². The molecule has 0 unspecified atom stereocenters. The van der Waals surface area contributed by atoms with Crippen molar-refractivity contribution in [2.45, 2.75) is 19.3 Å². The second kappa shape index (κ2) is 7.61. The van der Waals surface area contributed by atoms with Crippen molar-refractivity contribution in [2.75, 3.05) is 13.2 Å². The molecule has 140 valence electrons. The standard InChI is InChI=1S/C22H23NO3S/c24-27(25)22(20-5-2-1-3-6-20)7-4-15-23(27)16-14-18-10-12-21(13-11-18)26-17-19-8-9-19/h1-7,10-13,15,19H,8-9,14,16-17H2. The molecule has 0 radical (unpaired) electrons. The zero-order valence-electron chi connectivity index (χ0n) is 15.1. The van der Waals surface area contributed by atoms with Crippen molar-refractivity contribution in [3.63, 3.8) is 0 Å². The van der Waals surface area contributed by atoms with Crippen molar-refractivity contribution in [2.24, 2.45) is 5.92 Å². The van der Waals surface area contributed by atoms with E-state index >= 15 is 0 Å². The predicted octanol–water partition coefficient (Wildman–Crippen LogP) is 4.22. The van der Waals surface area contributed by atoms with Gasteiger partial charge in [-0.2, -0.15) is 0 Å². The second-order valence-electron chi connectivity index (χ2n) is 7.00. The highest BCUT2D eigenvalue weighted by atomic mass is 32.2. The number of hydrogen-bond acceptors (Lipinski definition) is 3. The SMILES string of the molecule is O=S1(=O)C(c2ccccc2)=CC=CN1CCc1ccc(OCC2CC2)cc1. The molecule has 4 nitrogen and oxygen atoms in total. The Hall–Kier alpha value is -2.53. The minimum atomic E-state index is -3.52. The fourth-order valence-electron chi connectivity index (χ4n) is 3.05. The Morgan fingerprint density at radius 2 is 1.74 bits per heavy atom. The first-order valence-electron chi connectivity index (χ1n) is 9.30. The Labute approximate surface area is 160 Å². The molecule has 1 aliphatic carbocycles. The highest BCUT2D eigenvalue weighted by Gasteiger charge is 2.27. The van der Waals surface area contributed by atoms with Crippen molar-refractivity contribution in [1.82, 2.24) is 4.31 Å². The molecule has 2 aromatic rings. The Balaban J connectivity index is 1.39. The summed E-state index contributed by atoms with van der Waals surface area (Å²) in [5.74, 6) is 1.61.